The van der Waals surface area contributed by atoms with E-state index < -0.39 is 11.6 Å². The topological polar surface area (TPSA) is 12.0 Å². The van der Waals surface area contributed by atoms with E-state index in [1.807, 2.05) is 0 Å². The minimum atomic E-state index is -0.494. The molecular weight excluding hydrogens is 268 g/mol. The Hall–Kier alpha value is -1.22. The lowest BCUT2D eigenvalue weighted by molar-refractivity contribution is 0.530. The van der Waals surface area contributed by atoms with Crippen LogP contribution in [0, 0.1) is 11.6 Å². The second kappa shape index (κ2) is 8.28. The van der Waals surface area contributed by atoms with Gasteiger partial charge < -0.3 is 5.32 Å². The van der Waals surface area contributed by atoms with E-state index in [9.17, 15) is 8.78 Å². The van der Waals surface area contributed by atoms with Crippen molar-refractivity contribution in [2.24, 2.45) is 0 Å². The van der Waals surface area contributed by atoms with E-state index in [-0.39, 0.29) is 6.04 Å². The van der Waals surface area contributed by atoms with Crippen molar-refractivity contribution in [3.05, 3.63) is 47.0 Å². The molecule has 0 bridgehead atoms. The molecule has 0 fully saturated rings. The van der Waals surface area contributed by atoms with E-state index in [1.54, 1.807) is 0 Å². The predicted octanol–water partition coefficient (Wildman–Crippen LogP) is 4.77. The minimum Gasteiger partial charge on any atom is -0.310 e. The lowest BCUT2D eigenvalue weighted by Crippen LogP contribution is -2.33. The zero-order chi connectivity index (χ0) is 15.1. The molecular formula is C18H25F2N. The zero-order valence-corrected chi connectivity index (χ0v) is 12.8. The minimum absolute atomic E-state index is 0.189. The molecule has 0 aromatic heterocycles. The van der Waals surface area contributed by atoms with E-state index in [0.29, 0.717) is 6.42 Å². The van der Waals surface area contributed by atoms with Gasteiger partial charge in [-0.3, -0.25) is 0 Å². The van der Waals surface area contributed by atoms with E-state index in [0.717, 1.165) is 31.0 Å². The molecule has 21 heavy (non-hydrogen) atoms. The smallest absolute Gasteiger partial charge is 0.126 e. The summed E-state index contributed by atoms with van der Waals surface area (Å²) in [6, 6.07) is 4.00. The SMILES string of the molecule is CCNC(Cc1cc(F)cc(F)c1)/C1=C/CCCCCC1. The van der Waals surface area contributed by atoms with Gasteiger partial charge in [-0.05, 0) is 56.3 Å². The maximum atomic E-state index is 13.4. The summed E-state index contributed by atoms with van der Waals surface area (Å²) in [6.45, 7) is 2.93. The lowest BCUT2D eigenvalue weighted by atomic mass is 9.91. The first-order valence-electron chi connectivity index (χ1n) is 8.06. The van der Waals surface area contributed by atoms with Gasteiger partial charge in [0.15, 0.2) is 0 Å². The largest absolute Gasteiger partial charge is 0.310 e. The molecule has 1 aliphatic rings. The van der Waals surface area contributed by atoms with E-state index in [1.165, 1.54) is 43.4 Å². The quantitative estimate of drug-likeness (QED) is 0.771. The Bertz CT molecular complexity index is 462. The highest BCUT2D eigenvalue weighted by molar-refractivity contribution is 5.23. The Morgan fingerprint density at radius 3 is 2.48 bits per heavy atom. The summed E-state index contributed by atoms with van der Waals surface area (Å²) < 4.78 is 26.7. The summed E-state index contributed by atoms with van der Waals surface area (Å²) in [5.74, 6) is -0.987. The van der Waals surface area contributed by atoms with Crippen LogP contribution >= 0.6 is 0 Å². The van der Waals surface area contributed by atoms with E-state index >= 15 is 0 Å². The van der Waals surface area contributed by atoms with Crippen molar-refractivity contribution in [1.82, 2.24) is 5.32 Å². The van der Waals surface area contributed by atoms with Crippen LogP contribution < -0.4 is 5.32 Å². The molecule has 1 aliphatic carbocycles. The van der Waals surface area contributed by atoms with Gasteiger partial charge in [0, 0.05) is 12.1 Å². The van der Waals surface area contributed by atoms with Crippen LogP contribution in [0.2, 0.25) is 0 Å². The fraction of sp³-hybridized carbons (Fsp3) is 0.556. The number of likely N-dealkylation sites (N-methyl/N-ethyl adjacent to an activating group) is 1. The van der Waals surface area contributed by atoms with Crippen molar-refractivity contribution >= 4 is 0 Å². The molecule has 1 unspecified atom stereocenters. The molecule has 0 spiro atoms. The van der Waals surface area contributed by atoms with Gasteiger partial charge in [-0.25, -0.2) is 8.78 Å². The summed E-state index contributed by atoms with van der Waals surface area (Å²) in [7, 11) is 0. The molecule has 0 amide bonds. The molecule has 0 saturated carbocycles. The van der Waals surface area contributed by atoms with Crippen LogP contribution in [0.3, 0.4) is 0 Å². The number of allylic oxidation sites excluding steroid dienone is 1. The summed E-state index contributed by atoms with van der Waals surface area (Å²) >= 11 is 0. The van der Waals surface area contributed by atoms with Crippen molar-refractivity contribution in [2.75, 3.05) is 6.54 Å². The normalized spacial score (nSPS) is 20.2. The second-order valence-electron chi connectivity index (χ2n) is 5.82. The Morgan fingerprint density at radius 1 is 1.05 bits per heavy atom. The highest BCUT2D eigenvalue weighted by atomic mass is 19.1. The van der Waals surface area contributed by atoms with Gasteiger partial charge >= 0.3 is 0 Å². The average molecular weight is 293 g/mol. The number of benzene rings is 1. The van der Waals surface area contributed by atoms with Crippen molar-refractivity contribution in [1.29, 1.82) is 0 Å². The molecule has 116 valence electrons. The van der Waals surface area contributed by atoms with Gasteiger partial charge in [-0.1, -0.05) is 31.4 Å². The molecule has 0 heterocycles. The van der Waals surface area contributed by atoms with E-state index in [2.05, 4.69) is 18.3 Å². The number of halogens is 2. The van der Waals surface area contributed by atoms with Crippen molar-refractivity contribution in [3.8, 4) is 0 Å². The van der Waals surface area contributed by atoms with Crippen LogP contribution in [0.1, 0.15) is 51.0 Å². The first-order valence-corrected chi connectivity index (χ1v) is 8.06. The Balaban J connectivity index is 2.13. The van der Waals surface area contributed by atoms with Gasteiger partial charge in [0.25, 0.3) is 0 Å². The molecule has 0 radical (unpaired) electrons. The van der Waals surface area contributed by atoms with Crippen LogP contribution in [-0.4, -0.2) is 12.6 Å². The van der Waals surface area contributed by atoms with Gasteiger partial charge in [-0.15, -0.1) is 0 Å². The fourth-order valence-electron chi connectivity index (χ4n) is 3.08. The number of hydrogen-bond acceptors (Lipinski definition) is 1. The Kier molecular flexibility index (Phi) is 6.37. The Morgan fingerprint density at radius 2 is 1.76 bits per heavy atom. The number of rotatable bonds is 5. The lowest BCUT2D eigenvalue weighted by Gasteiger charge is -2.23. The maximum Gasteiger partial charge on any atom is 0.126 e. The highest BCUT2D eigenvalue weighted by Gasteiger charge is 2.15. The van der Waals surface area contributed by atoms with E-state index in [4.69, 9.17) is 0 Å². The fourth-order valence-corrected chi connectivity index (χ4v) is 3.08. The first kappa shape index (κ1) is 16.2. The van der Waals surface area contributed by atoms with Crippen molar-refractivity contribution in [3.63, 3.8) is 0 Å². The van der Waals surface area contributed by atoms with Gasteiger partial charge in [0.1, 0.15) is 11.6 Å². The standard InChI is InChI=1S/C18H25F2N/c1-2-21-18(15-8-6-4-3-5-7-9-15)12-14-10-16(19)13-17(20)11-14/h8,10-11,13,18,21H,2-7,9,12H2,1H3/b15-8+. The van der Waals surface area contributed by atoms with Gasteiger partial charge in [0.2, 0.25) is 0 Å². The molecule has 1 aromatic carbocycles. The monoisotopic (exact) mass is 293 g/mol. The summed E-state index contributed by atoms with van der Waals surface area (Å²) in [4.78, 5) is 0. The third kappa shape index (κ3) is 5.24. The van der Waals surface area contributed by atoms with Crippen LogP contribution in [0.5, 0.6) is 0 Å². The molecule has 1 atom stereocenters. The third-order valence-corrected chi connectivity index (χ3v) is 4.09. The van der Waals surface area contributed by atoms with Crippen LogP contribution in [0.25, 0.3) is 0 Å². The molecule has 0 aliphatic heterocycles. The Labute approximate surface area is 126 Å². The van der Waals surface area contributed by atoms with Crippen LogP contribution in [-0.2, 0) is 6.42 Å². The first-order chi connectivity index (χ1) is 10.2. The zero-order valence-electron chi connectivity index (χ0n) is 12.8. The summed E-state index contributed by atoms with van der Waals surface area (Å²) in [5, 5.41) is 3.47. The second-order valence-corrected chi connectivity index (χ2v) is 5.82. The molecule has 1 N–H and O–H groups in total. The summed E-state index contributed by atoms with van der Waals surface area (Å²) in [6.07, 6.45) is 10.2. The molecule has 1 nitrogen and oxygen atoms in total. The van der Waals surface area contributed by atoms with Crippen LogP contribution in [0.4, 0.5) is 8.78 Å². The molecule has 1 aromatic rings. The van der Waals surface area contributed by atoms with Crippen molar-refractivity contribution < 1.29 is 8.78 Å². The van der Waals surface area contributed by atoms with Gasteiger partial charge in [-0.2, -0.15) is 0 Å². The summed E-state index contributed by atoms with van der Waals surface area (Å²) in [5.41, 5.74) is 2.13. The van der Waals surface area contributed by atoms with Crippen LogP contribution in [0.15, 0.2) is 29.8 Å². The van der Waals surface area contributed by atoms with Gasteiger partial charge in [0.05, 0.1) is 0 Å². The maximum absolute atomic E-state index is 13.4. The number of hydrogen-bond donors (Lipinski definition) is 1. The van der Waals surface area contributed by atoms with Crippen molar-refractivity contribution in [2.45, 2.75) is 57.9 Å². The number of nitrogens with one attached hydrogen (secondary N) is 1. The molecule has 2 rings (SSSR count). The average Bonchev–Trinajstić information content (AvgIpc) is 2.36. The molecule has 0 saturated heterocycles. The highest BCUT2D eigenvalue weighted by Crippen LogP contribution is 2.22. The third-order valence-electron chi connectivity index (χ3n) is 4.09. The predicted molar refractivity (Wildman–Crippen MR) is 83.3 cm³/mol. The molecule has 3 heteroatoms.